The third-order valence-electron chi connectivity index (χ3n) is 2.96. The van der Waals surface area contributed by atoms with Gasteiger partial charge >= 0.3 is 0 Å². The Bertz CT molecular complexity index is 706. The van der Waals surface area contributed by atoms with Crippen LogP contribution in [-0.4, -0.2) is 21.7 Å². The molecule has 96 valence electrons. The van der Waals surface area contributed by atoms with Crippen LogP contribution in [0.2, 0.25) is 5.02 Å². The number of halogens is 1. The van der Waals surface area contributed by atoms with Gasteiger partial charge < -0.3 is 4.74 Å². The number of fused-ring (bicyclic) bond motifs is 1. The quantitative estimate of drug-likeness (QED) is 0.736. The van der Waals surface area contributed by atoms with Crippen molar-refractivity contribution in [3.63, 3.8) is 0 Å². The zero-order valence-electron chi connectivity index (χ0n) is 10.4. The van der Waals surface area contributed by atoms with Crippen molar-refractivity contribution in [3.8, 4) is 5.75 Å². The number of nitrogens with zero attached hydrogens (tertiary/aromatic N) is 3. The first-order chi connectivity index (χ1) is 9.26. The molecule has 1 aromatic carbocycles. The maximum Gasteiger partial charge on any atom is 0.162 e. The zero-order chi connectivity index (χ0) is 13.2. The molecule has 0 saturated carbocycles. The van der Waals surface area contributed by atoms with Crippen molar-refractivity contribution in [1.29, 1.82) is 0 Å². The summed E-state index contributed by atoms with van der Waals surface area (Å²) in [6, 6.07) is 11.6. The molecule has 0 atom stereocenters. The highest BCUT2D eigenvalue weighted by molar-refractivity contribution is 6.30. The van der Waals surface area contributed by atoms with E-state index >= 15 is 0 Å². The first kappa shape index (κ1) is 12.0. The number of hydrogen-bond acceptors (Lipinski definition) is 3. The van der Waals surface area contributed by atoms with Crippen molar-refractivity contribution < 1.29 is 4.74 Å². The van der Waals surface area contributed by atoms with Gasteiger partial charge in [-0.1, -0.05) is 23.7 Å². The van der Waals surface area contributed by atoms with Crippen molar-refractivity contribution >= 4 is 17.2 Å². The molecular formula is C14H12ClN3O. The molecule has 0 unspecified atom stereocenters. The Balaban J connectivity index is 1.92. The minimum absolute atomic E-state index is 0.663. The van der Waals surface area contributed by atoms with Gasteiger partial charge in [0, 0.05) is 23.7 Å². The molecule has 0 spiro atoms. The molecule has 2 aromatic heterocycles. The highest BCUT2D eigenvalue weighted by Crippen LogP contribution is 2.16. The smallest absolute Gasteiger partial charge is 0.162 e. The molecule has 0 N–H and O–H groups in total. The van der Waals surface area contributed by atoms with Crippen molar-refractivity contribution in [3.05, 3.63) is 59.0 Å². The molecule has 0 aliphatic rings. The molecule has 0 radical (unpaired) electrons. The molecule has 0 bridgehead atoms. The number of rotatable bonds is 3. The Morgan fingerprint density at radius 3 is 2.68 bits per heavy atom. The van der Waals surface area contributed by atoms with Crippen LogP contribution in [0.5, 0.6) is 5.75 Å². The Morgan fingerprint density at radius 1 is 1.16 bits per heavy atom. The second-order valence-electron chi connectivity index (χ2n) is 4.21. The van der Waals surface area contributed by atoms with E-state index in [1.54, 1.807) is 13.2 Å². The summed E-state index contributed by atoms with van der Waals surface area (Å²) in [5.74, 6) is 1.73. The van der Waals surface area contributed by atoms with Crippen LogP contribution >= 0.6 is 11.6 Å². The molecule has 0 saturated heterocycles. The van der Waals surface area contributed by atoms with Gasteiger partial charge in [-0.2, -0.15) is 0 Å². The lowest BCUT2D eigenvalue weighted by molar-refractivity contribution is 0.414. The summed E-state index contributed by atoms with van der Waals surface area (Å²) in [4.78, 5) is 0. The van der Waals surface area contributed by atoms with Crippen LogP contribution in [0.3, 0.4) is 0 Å². The predicted molar refractivity (Wildman–Crippen MR) is 73.8 cm³/mol. The van der Waals surface area contributed by atoms with Crippen LogP contribution in [0.25, 0.3) is 5.65 Å². The van der Waals surface area contributed by atoms with Crippen LogP contribution in [0.1, 0.15) is 11.4 Å². The van der Waals surface area contributed by atoms with E-state index in [4.69, 9.17) is 16.3 Å². The molecular weight excluding hydrogens is 262 g/mol. The molecule has 19 heavy (non-hydrogen) atoms. The average molecular weight is 274 g/mol. The lowest BCUT2D eigenvalue weighted by atomic mass is 10.1. The fourth-order valence-corrected chi connectivity index (χ4v) is 2.12. The minimum atomic E-state index is 0.663. The topological polar surface area (TPSA) is 39.4 Å². The second-order valence-corrected chi connectivity index (χ2v) is 4.65. The van der Waals surface area contributed by atoms with Crippen molar-refractivity contribution in [2.45, 2.75) is 6.42 Å². The van der Waals surface area contributed by atoms with Gasteiger partial charge in [-0.15, -0.1) is 10.2 Å². The third-order valence-corrected chi connectivity index (χ3v) is 3.20. The summed E-state index contributed by atoms with van der Waals surface area (Å²) in [6.45, 7) is 0. The number of pyridine rings is 1. The van der Waals surface area contributed by atoms with Crippen molar-refractivity contribution in [2.75, 3.05) is 7.11 Å². The molecule has 5 heteroatoms. The van der Waals surface area contributed by atoms with E-state index in [2.05, 4.69) is 10.2 Å². The average Bonchev–Trinajstić information content (AvgIpc) is 2.82. The molecule has 3 aromatic rings. The standard InChI is InChI=1S/C14H12ClN3O/c1-19-12-4-2-10(3-5-12)8-13-16-17-14-9-11(15)6-7-18(13)14/h2-7,9H,8H2,1H3. The van der Waals surface area contributed by atoms with E-state index in [1.807, 2.05) is 40.9 Å². The lowest BCUT2D eigenvalue weighted by Gasteiger charge is -2.03. The molecule has 0 aliphatic heterocycles. The zero-order valence-corrected chi connectivity index (χ0v) is 11.1. The van der Waals surface area contributed by atoms with Gasteiger partial charge in [0.15, 0.2) is 5.65 Å². The number of ether oxygens (including phenoxy) is 1. The predicted octanol–water partition coefficient (Wildman–Crippen LogP) is 2.98. The summed E-state index contributed by atoms with van der Waals surface area (Å²) in [7, 11) is 1.66. The van der Waals surface area contributed by atoms with E-state index in [1.165, 1.54) is 0 Å². The molecule has 0 aliphatic carbocycles. The molecule has 4 nitrogen and oxygen atoms in total. The van der Waals surface area contributed by atoms with Crippen LogP contribution in [0.4, 0.5) is 0 Å². The maximum atomic E-state index is 5.93. The lowest BCUT2D eigenvalue weighted by Crippen LogP contribution is -1.96. The number of benzene rings is 1. The summed E-state index contributed by atoms with van der Waals surface area (Å²) in [5.41, 5.74) is 1.92. The number of aromatic nitrogens is 3. The van der Waals surface area contributed by atoms with Gasteiger partial charge in [-0.05, 0) is 23.8 Å². The highest BCUT2D eigenvalue weighted by atomic mass is 35.5. The highest BCUT2D eigenvalue weighted by Gasteiger charge is 2.06. The molecule has 3 rings (SSSR count). The molecule has 0 fully saturated rings. The second kappa shape index (κ2) is 4.90. The normalized spacial score (nSPS) is 10.8. The molecule has 2 heterocycles. The first-order valence-corrected chi connectivity index (χ1v) is 6.26. The fourth-order valence-electron chi connectivity index (χ4n) is 1.96. The SMILES string of the molecule is COc1ccc(Cc2nnc3cc(Cl)ccn23)cc1. The van der Waals surface area contributed by atoms with Crippen LogP contribution in [-0.2, 0) is 6.42 Å². The third kappa shape index (κ3) is 2.39. The number of hydrogen-bond donors (Lipinski definition) is 0. The van der Waals surface area contributed by atoms with Gasteiger partial charge in [-0.3, -0.25) is 4.40 Å². The van der Waals surface area contributed by atoms with Crippen LogP contribution < -0.4 is 4.74 Å². The number of methoxy groups -OCH3 is 1. The summed E-state index contributed by atoms with van der Waals surface area (Å²) in [5, 5.41) is 8.97. The summed E-state index contributed by atoms with van der Waals surface area (Å²) < 4.78 is 7.08. The summed E-state index contributed by atoms with van der Waals surface area (Å²) >= 11 is 5.93. The maximum absolute atomic E-state index is 5.93. The van der Waals surface area contributed by atoms with E-state index < -0.39 is 0 Å². The van der Waals surface area contributed by atoms with E-state index in [0.717, 1.165) is 22.8 Å². The van der Waals surface area contributed by atoms with Crippen LogP contribution in [0, 0.1) is 0 Å². The van der Waals surface area contributed by atoms with E-state index in [-0.39, 0.29) is 0 Å². The first-order valence-electron chi connectivity index (χ1n) is 5.88. The van der Waals surface area contributed by atoms with Crippen molar-refractivity contribution in [2.24, 2.45) is 0 Å². The Kier molecular flexibility index (Phi) is 3.09. The van der Waals surface area contributed by atoms with Gasteiger partial charge in [0.25, 0.3) is 0 Å². The fraction of sp³-hybridized carbons (Fsp3) is 0.143. The van der Waals surface area contributed by atoms with Crippen molar-refractivity contribution in [1.82, 2.24) is 14.6 Å². The van der Waals surface area contributed by atoms with Gasteiger partial charge in [0.2, 0.25) is 0 Å². The largest absolute Gasteiger partial charge is 0.497 e. The monoisotopic (exact) mass is 273 g/mol. The van der Waals surface area contributed by atoms with Gasteiger partial charge in [0.05, 0.1) is 7.11 Å². The van der Waals surface area contributed by atoms with E-state index in [0.29, 0.717) is 11.4 Å². The Hall–Kier alpha value is -2.07. The van der Waals surface area contributed by atoms with Crippen LogP contribution in [0.15, 0.2) is 42.6 Å². The minimum Gasteiger partial charge on any atom is -0.497 e. The Morgan fingerprint density at radius 2 is 1.95 bits per heavy atom. The van der Waals surface area contributed by atoms with Gasteiger partial charge in [0.1, 0.15) is 11.6 Å². The molecule has 0 amide bonds. The van der Waals surface area contributed by atoms with Gasteiger partial charge in [-0.25, -0.2) is 0 Å². The summed E-state index contributed by atoms with van der Waals surface area (Å²) in [6.07, 6.45) is 2.60. The Labute approximate surface area is 115 Å². The van der Waals surface area contributed by atoms with E-state index in [9.17, 15) is 0 Å².